The molecule has 3 heteroatoms. The van der Waals surface area contributed by atoms with Gasteiger partial charge < -0.3 is 10.8 Å². The van der Waals surface area contributed by atoms with E-state index in [0.29, 0.717) is 11.0 Å². The summed E-state index contributed by atoms with van der Waals surface area (Å²) in [4.78, 5) is 0. The quantitative estimate of drug-likeness (QED) is 0.799. The molecule has 3 N–H and O–H groups in total. The van der Waals surface area contributed by atoms with Crippen molar-refractivity contribution in [3.8, 4) is 0 Å². The first-order valence-electron chi connectivity index (χ1n) is 5.68. The molecule has 1 aromatic rings. The van der Waals surface area contributed by atoms with E-state index in [9.17, 15) is 5.11 Å². The van der Waals surface area contributed by atoms with Crippen LogP contribution in [0.25, 0.3) is 0 Å². The highest BCUT2D eigenvalue weighted by atomic mass is 32.2. The topological polar surface area (TPSA) is 46.2 Å². The van der Waals surface area contributed by atoms with E-state index in [4.69, 9.17) is 5.73 Å². The first-order chi connectivity index (χ1) is 7.59. The van der Waals surface area contributed by atoms with Gasteiger partial charge in [-0.3, -0.25) is 0 Å². The average Bonchev–Trinajstić information content (AvgIpc) is 2.27. The molecule has 1 aromatic carbocycles. The number of thioether (sulfide) groups is 1. The summed E-state index contributed by atoms with van der Waals surface area (Å²) in [6.07, 6.45) is 0.313. The number of nitrogens with two attached hydrogens (primary N) is 1. The van der Waals surface area contributed by atoms with Gasteiger partial charge in [0, 0.05) is 11.8 Å². The highest BCUT2D eigenvalue weighted by Crippen LogP contribution is 2.13. The van der Waals surface area contributed by atoms with Gasteiger partial charge in [0.2, 0.25) is 0 Å². The summed E-state index contributed by atoms with van der Waals surface area (Å²) in [7, 11) is 0. The van der Waals surface area contributed by atoms with Crippen molar-refractivity contribution in [2.75, 3.05) is 5.75 Å². The lowest BCUT2D eigenvalue weighted by Gasteiger charge is -2.19. The molecule has 0 fully saturated rings. The van der Waals surface area contributed by atoms with Crippen LogP contribution in [0.5, 0.6) is 0 Å². The Labute approximate surface area is 102 Å². The van der Waals surface area contributed by atoms with Crippen LogP contribution in [0, 0.1) is 0 Å². The fraction of sp³-hybridized carbons (Fsp3) is 0.538. The van der Waals surface area contributed by atoms with Gasteiger partial charge in [-0.05, 0) is 17.2 Å². The molecule has 0 heterocycles. The predicted octanol–water partition coefficient (Wildman–Crippen LogP) is 2.06. The van der Waals surface area contributed by atoms with Crippen LogP contribution in [-0.2, 0) is 6.42 Å². The van der Waals surface area contributed by atoms with Gasteiger partial charge in [-0.1, -0.05) is 44.2 Å². The van der Waals surface area contributed by atoms with E-state index in [-0.39, 0.29) is 6.04 Å². The third-order valence-electron chi connectivity index (χ3n) is 2.41. The molecule has 0 aliphatic carbocycles. The third-order valence-corrected chi connectivity index (χ3v) is 3.61. The van der Waals surface area contributed by atoms with Crippen LogP contribution < -0.4 is 5.73 Å². The second-order valence-corrected chi connectivity index (χ2v) is 5.91. The monoisotopic (exact) mass is 239 g/mol. The Morgan fingerprint density at radius 1 is 1.25 bits per heavy atom. The maximum Gasteiger partial charge on any atom is 0.0784 e. The van der Waals surface area contributed by atoms with Crippen molar-refractivity contribution in [3.05, 3.63) is 35.9 Å². The van der Waals surface area contributed by atoms with Gasteiger partial charge in [-0.2, -0.15) is 11.8 Å². The fourth-order valence-electron chi connectivity index (χ4n) is 1.44. The number of hydrogen-bond donors (Lipinski definition) is 2. The standard InChI is InChI=1S/C13H21NOS/c1-10(2)16-9-13(15)12(14)8-11-6-4-3-5-7-11/h3-7,10,12-13,15H,8-9,14H2,1-2H3. The molecule has 2 nitrogen and oxygen atoms in total. The molecular weight excluding hydrogens is 218 g/mol. The van der Waals surface area contributed by atoms with E-state index in [0.717, 1.165) is 6.42 Å². The Bertz CT molecular complexity index is 289. The minimum Gasteiger partial charge on any atom is -0.391 e. The Kier molecular flexibility index (Phi) is 5.88. The van der Waals surface area contributed by atoms with Crippen molar-refractivity contribution >= 4 is 11.8 Å². The lowest BCUT2D eigenvalue weighted by molar-refractivity contribution is 0.167. The maximum absolute atomic E-state index is 9.88. The lowest BCUT2D eigenvalue weighted by atomic mass is 10.0. The van der Waals surface area contributed by atoms with Gasteiger partial charge in [0.1, 0.15) is 0 Å². The molecule has 0 radical (unpaired) electrons. The average molecular weight is 239 g/mol. The number of aliphatic hydroxyl groups excluding tert-OH is 1. The zero-order chi connectivity index (χ0) is 12.0. The normalized spacial score (nSPS) is 15.1. The molecule has 2 atom stereocenters. The smallest absolute Gasteiger partial charge is 0.0784 e. The van der Waals surface area contributed by atoms with Gasteiger partial charge in [0.05, 0.1) is 6.10 Å². The Morgan fingerprint density at radius 3 is 2.44 bits per heavy atom. The van der Waals surface area contributed by atoms with Crippen molar-refractivity contribution in [1.29, 1.82) is 0 Å². The maximum atomic E-state index is 9.88. The highest BCUT2D eigenvalue weighted by Gasteiger charge is 2.15. The van der Waals surface area contributed by atoms with Crippen molar-refractivity contribution in [3.63, 3.8) is 0 Å². The molecule has 0 aliphatic rings. The van der Waals surface area contributed by atoms with Crippen LogP contribution >= 0.6 is 11.8 Å². The molecular formula is C13H21NOS. The third kappa shape index (κ3) is 5.01. The SMILES string of the molecule is CC(C)SCC(O)C(N)Cc1ccccc1. The van der Waals surface area contributed by atoms with E-state index < -0.39 is 6.10 Å². The molecule has 0 saturated heterocycles. The van der Waals surface area contributed by atoms with Gasteiger partial charge in [0.15, 0.2) is 0 Å². The molecule has 0 bridgehead atoms. The second-order valence-electron chi connectivity index (χ2n) is 4.30. The minimum atomic E-state index is -0.424. The fourth-order valence-corrected chi connectivity index (χ4v) is 2.27. The number of aliphatic hydroxyl groups is 1. The molecule has 16 heavy (non-hydrogen) atoms. The number of rotatable bonds is 6. The van der Waals surface area contributed by atoms with E-state index in [1.54, 1.807) is 11.8 Å². The summed E-state index contributed by atoms with van der Waals surface area (Å²) in [5.41, 5.74) is 7.16. The van der Waals surface area contributed by atoms with Crippen LogP contribution in [0.2, 0.25) is 0 Å². The van der Waals surface area contributed by atoms with Gasteiger partial charge in [-0.25, -0.2) is 0 Å². The Morgan fingerprint density at radius 2 is 1.88 bits per heavy atom. The van der Waals surface area contributed by atoms with Gasteiger partial charge in [0.25, 0.3) is 0 Å². The van der Waals surface area contributed by atoms with Crippen LogP contribution in [-0.4, -0.2) is 28.3 Å². The Balaban J connectivity index is 2.37. The van der Waals surface area contributed by atoms with Crippen molar-refractivity contribution in [2.45, 2.75) is 37.7 Å². The van der Waals surface area contributed by atoms with Gasteiger partial charge >= 0.3 is 0 Å². The molecule has 0 amide bonds. The molecule has 2 unspecified atom stereocenters. The van der Waals surface area contributed by atoms with Crippen molar-refractivity contribution in [1.82, 2.24) is 0 Å². The second kappa shape index (κ2) is 6.94. The molecule has 1 rings (SSSR count). The van der Waals surface area contributed by atoms with Crippen LogP contribution in [0.1, 0.15) is 19.4 Å². The molecule has 0 spiro atoms. The predicted molar refractivity (Wildman–Crippen MR) is 71.7 cm³/mol. The summed E-state index contributed by atoms with van der Waals surface area (Å²) >= 11 is 1.75. The van der Waals surface area contributed by atoms with E-state index in [1.165, 1.54) is 5.56 Å². The molecule has 0 aromatic heterocycles. The summed E-state index contributed by atoms with van der Waals surface area (Å²) in [6.45, 7) is 4.25. The molecule has 0 aliphatic heterocycles. The summed E-state index contributed by atoms with van der Waals surface area (Å²) in [6, 6.07) is 9.90. The summed E-state index contributed by atoms with van der Waals surface area (Å²) in [5, 5.41) is 10.4. The highest BCUT2D eigenvalue weighted by molar-refractivity contribution is 7.99. The van der Waals surface area contributed by atoms with Crippen molar-refractivity contribution < 1.29 is 5.11 Å². The first-order valence-corrected chi connectivity index (χ1v) is 6.73. The molecule has 90 valence electrons. The van der Waals surface area contributed by atoms with E-state index >= 15 is 0 Å². The number of hydrogen-bond acceptors (Lipinski definition) is 3. The van der Waals surface area contributed by atoms with E-state index in [2.05, 4.69) is 13.8 Å². The van der Waals surface area contributed by atoms with Gasteiger partial charge in [-0.15, -0.1) is 0 Å². The zero-order valence-corrected chi connectivity index (χ0v) is 10.8. The van der Waals surface area contributed by atoms with Crippen molar-refractivity contribution in [2.24, 2.45) is 5.73 Å². The summed E-state index contributed by atoms with van der Waals surface area (Å²) in [5.74, 6) is 0.714. The first kappa shape index (κ1) is 13.6. The molecule has 0 saturated carbocycles. The number of benzene rings is 1. The largest absolute Gasteiger partial charge is 0.391 e. The van der Waals surface area contributed by atoms with Crippen LogP contribution in [0.4, 0.5) is 0 Å². The van der Waals surface area contributed by atoms with Crippen LogP contribution in [0.3, 0.4) is 0 Å². The van der Waals surface area contributed by atoms with E-state index in [1.807, 2.05) is 30.3 Å². The summed E-state index contributed by atoms with van der Waals surface area (Å²) < 4.78 is 0. The Hall–Kier alpha value is -0.510. The minimum absolute atomic E-state index is 0.173. The van der Waals surface area contributed by atoms with Crippen LogP contribution in [0.15, 0.2) is 30.3 Å². The zero-order valence-electron chi connectivity index (χ0n) is 9.97. The lowest BCUT2D eigenvalue weighted by Crippen LogP contribution is -2.38.